The van der Waals surface area contributed by atoms with Crippen molar-refractivity contribution in [3.63, 3.8) is 0 Å². The number of rotatable bonds is 5. The molecule has 0 amide bonds. The molecule has 140 valence electrons. The predicted octanol–water partition coefficient (Wildman–Crippen LogP) is 3.55. The van der Waals surface area contributed by atoms with E-state index in [2.05, 4.69) is 15.1 Å². The highest BCUT2D eigenvalue weighted by molar-refractivity contribution is 7.14. The Kier molecular flexibility index (Phi) is 4.72. The number of halogens is 2. The normalized spacial score (nSPS) is 13.2. The van der Waals surface area contributed by atoms with E-state index < -0.39 is 17.2 Å². The van der Waals surface area contributed by atoms with Gasteiger partial charge < -0.3 is 5.11 Å². The number of aromatic nitrogens is 4. The number of nitriles is 1. The molecule has 0 spiro atoms. The smallest absolute Gasteiger partial charge is 0.152 e. The van der Waals surface area contributed by atoms with Gasteiger partial charge in [0.15, 0.2) is 5.69 Å². The second kappa shape index (κ2) is 7.20. The van der Waals surface area contributed by atoms with Gasteiger partial charge in [-0.1, -0.05) is 0 Å². The third kappa shape index (κ3) is 3.31. The Morgan fingerprint density at radius 2 is 2.07 bits per heavy atom. The molecule has 0 fully saturated rings. The molecule has 10 heteroatoms. The standard InChI is InChI=1S/C18H11F2N5OS2/c19-12-1-2-14(15(20)4-12)18(26,8-25-10-22-9-23-25)16-3-11(6-27-16)17-24-13(5-21)7-28-17/h1-4,6-7,9-10,26H,8H2. The van der Waals surface area contributed by atoms with Crippen LogP contribution in [-0.2, 0) is 12.1 Å². The van der Waals surface area contributed by atoms with E-state index in [-0.39, 0.29) is 12.1 Å². The van der Waals surface area contributed by atoms with E-state index in [1.807, 2.05) is 6.07 Å². The zero-order valence-electron chi connectivity index (χ0n) is 14.1. The molecule has 1 N–H and O–H groups in total. The summed E-state index contributed by atoms with van der Waals surface area (Å²) in [4.78, 5) is 8.48. The monoisotopic (exact) mass is 415 g/mol. The molecule has 6 nitrogen and oxygen atoms in total. The maximum Gasteiger partial charge on any atom is 0.152 e. The summed E-state index contributed by atoms with van der Waals surface area (Å²) in [5, 5.41) is 28.4. The topological polar surface area (TPSA) is 87.6 Å². The number of thiazole rings is 1. The minimum absolute atomic E-state index is 0.0744. The van der Waals surface area contributed by atoms with Crippen LogP contribution in [0.2, 0.25) is 0 Å². The minimum atomic E-state index is -1.80. The Morgan fingerprint density at radius 1 is 1.21 bits per heavy atom. The van der Waals surface area contributed by atoms with Crippen LogP contribution in [0.4, 0.5) is 8.78 Å². The van der Waals surface area contributed by atoms with Crippen molar-refractivity contribution in [2.75, 3.05) is 0 Å². The van der Waals surface area contributed by atoms with Crippen molar-refractivity contribution in [2.24, 2.45) is 0 Å². The van der Waals surface area contributed by atoms with Gasteiger partial charge in [0.1, 0.15) is 41.0 Å². The number of benzene rings is 1. The fourth-order valence-electron chi connectivity index (χ4n) is 2.79. The van der Waals surface area contributed by atoms with Gasteiger partial charge in [-0.3, -0.25) is 0 Å². The highest BCUT2D eigenvalue weighted by atomic mass is 32.1. The molecule has 1 aromatic carbocycles. The van der Waals surface area contributed by atoms with Crippen molar-refractivity contribution in [3.05, 3.63) is 75.4 Å². The average molecular weight is 415 g/mol. The highest BCUT2D eigenvalue weighted by Crippen LogP contribution is 2.39. The van der Waals surface area contributed by atoms with Gasteiger partial charge in [0, 0.05) is 32.8 Å². The molecule has 3 heterocycles. The molecule has 4 aromatic rings. The summed E-state index contributed by atoms with van der Waals surface area (Å²) in [5.74, 6) is -1.60. The van der Waals surface area contributed by atoms with Crippen LogP contribution in [0.5, 0.6) is 0 Å². The molecule has 3 aromatic heterocycles. The van der Waals surface area contributed by atoms with Crippen molar-refractivity contribution in [2.45, 2.75) is 12.1 Å². The van der Waals surface area contributed by atoms with Crippen LogP contribution >= 0.6 is 22.7 Å². The lowest BCUT2D eigenvalue weighted by atomic mass is 9.91. The lowest BCUT2D eigenvalue weighted by Crippen LogP contribution is -2.33. The van der Waals surface area contributed by atoms with Gasteiger partial charge in [-0.25, -0.2) is 23.4 Å². The molecule has 0 bridgehead atoms. The van der Waals surface area contributed by atoms with E-state index in [1.54, 1.807) is 16.8 Å². The van der Waals surface area contributed by atoms with Crippen molar-refractivity contribution in [3.8, 4) is 16.6 Å². The summed E-state index contributed by atoms with van der Waals surface area (Å²) in [6, 6.07) is 6.71. The van der Waals surface area contributed by atoms with Gasteiger partial charge >= 0.3 is 0 Å². The van der Waals surface area contributed by atoms with Crippen molar-refractivity contribution in [1.82, 2.24) is 19.7 Å². The lowest BCUT2D eigenvalue weighted by Gasteiger charge is -2.28. The first-order valence-corrected chi connectivity index (χ1v) is 9.71. The Labute approximate surface area is 166 Å². The van der Waals surface area contributed by atoms with Gasteiger partial charge in [-0.15, -0.1) is 22.7 Å². The van der Waals surface area contributed by atoms with Gasteiger partial charge in [0.2, 0.25) is 0 Å². The number of aliphatic hydroxyl groups is 1. The van der Waals surface area contributed by atoms with Crippen LogP contribution in [-0.4, -0.2) is 24.9 Å². The second-order valence-corrected chi connectivity index (χ2v) is 7.70. The molecule has 0 aliphatic rings. The van der Waals surface area contributed by atoms with Crippen LogP contribution in [0.3, 0.4) is 0 Å². The first kappa shape index (κ1) is 18.4. The molecule has 28 heavy (non-hydrogen) atoms. The summed E-state index contributed by atoms with van der Waals surface area (Å²) in [6.45, 7) is -0.114. The maximum absolute atomic E-state index is 14.6. The maximum atomic E-state index is 14.6. The molecule has 1 unspecified atom stereocenters. The SMILES string of the molecule is N#Cc1csc(-c2csc(C(O)(Cn3cncn3)c3ccc(F)cc3F)c2)n1. The van der Waals surface area contributed by atoms with E-state index in [1.165, 1.54) is 46.1 Å². The first-order valence-electron chi connectivity index (χ1n) is 7.95. The molecule has 0 aliphatic heterocycles. The van der Waals surface area contributed by atoms with Crippen LogP contribution in [0.15, 0.2) is 47.7 Å². The van der Waals surface area contributed by atoms with Crippen LogP contribution < -0.4 is 0 Å². The predicted molar refractivity (Wildman–Crippen MR) is 99.5 cm³/mol. The molecule has 1 atom stereocenters. The highest BCUT2D eigenvalue weighted by Gasteiger charge is 2.37. The second-order valence-electron chi connectivity index (χ2n) is 5.93. The Bertz CT molecular complexity index is 1170. The van der Waals surface area contributed by atoms with Crippen molar-refractivity contribution >= 4 is 22.7 Å². The largest absolute Gasteiger partial charge is 0.377 e. The van der Waals surface area contributed by atoms with Crippen LogP contribution in [0, 0.1) is 23.0 Å². The summed E-state index contributed by atoms with van der Waals surface area (Å²) < 4.78 is 29.3. The quantitative estimate of drug-likeness (QED) is 0.539. The molecular weight excluding hydrogens is 404 g/mol. The number of hydrogen-bond donors (Lipinski definition) is 1. The molecule has 4 rings (SSSR count). The van der Waals surface area contributed by atoms with E-state index in [0.717, 1.165) is 12.1 Å². The average Bonchev–Trinajstić information content (AvgIpc) is 3.42. The van der Waals surface area contributed by atoms with Gasteiger partial charge in [-0.05, 0) is 18.2 Å². The fraction of sp³-hybridized carbons (Fsp3) is 0.111. The Balaban J connectivity index is 1.81. The van der Waals surface area contributed by atoms with E-state index in [0.29, 0.717) is 21.1 Å². The minimum Gasteiger partial charge on any atom is -0.377 e. The zero-order chi connectivity index (χ0) is 19.7. The zero-order valence-corrected chi connectivity index (χ0v) is 15.7. The number of thiophene rings is 1. The van der Waals surface area contributed by atoms with Crippen molar-refractivity contribution in [1.29, 1.82) is 5.26 Å². The van der Waals surface area contributed by atoms with Gasteiger partial charge in [0.05, 0.1) is 6.54 Å². The molecular formula is C18H11F2N5OS2. The summed E-state index contributed by atoms with van der Waals surface area (Å²) in [7, 11) is 0. The Hall–Kier alpha value is -3.00. The number of hydrogen-bond acceptors (Lipinski definition) is 7. The summed E-state index contributed by atoms with van der Waals surface area (Å²) in [6.07, 6.45) is 2.71. The van der Waals surface area contributed by atoms with E-state index in [4.69, 9.17) is 5.26 Å². The Morgan fingerprint density at radius 3 is 2.75 bits per heavy atom. The van der Waals surface area contributed by atoms with Gasteiger partial charge in [0.25, 0.3) is 0 Å². The van der Waals surface area contributed by atoms with E-state index >= 15 is 0 Å². The van der Waals surface area contributed by atoms with Crippen LogP contribution in [0.1, 0.15) is 16.1 Å². The number of nitrogens with zero attached hydrogens (tertiary/aromatic N) is 5. The molecule has 0 radical (unpaired) electrons. The first-order chi connectivity index (χ1) is 13.5. The molecule has 0 aliphatic carbocycles. The van der Waals surface area contributed by atoms with Crippen molar-refractivity contribution < 1.29 is 13.9 Å². The fourth-order valence-corrected chi connectivity index (χ4v) is 4.60. The third-order valence-corrected chi connectivity index (χ3v) is 6.08. The summed E-state index contributed by atoms with van der Waals surface area (Å²) >= 11 is 2.51. The molecule has 0 saturated carbocycles. The van der Waals surface area contributed by atoms with Gasteiger partial charge in [-0.2, -0.15) is 10.4 Å². The van der Waals surface area contributed by atoms with Crippen LogP contribution in [0.25, 0.3) is 10.6 Å². The van der Waals surface area contributed by atoms with E-state index in [9.17, 15) is 13.9 Å². The molecule has 0 saturated heterocycles. The third-order valence-electron chi connectivity index (χ3n) is 4.11. The lowest BCUT2D eigenvalue weighted by molar-refractivity contribution is 0.0571. The summed E-state index contributed by atoms with van der Waals surface area (Å²) in [5.41, 5.74) is -0.875.